The molecule has 90 valence electrons. The first kappa shape index (κ1) is 11.4. The number of benzene rings is 1. The Bertz CT molecular complexity index is 458. The van der Waals surface area contributed by atoms with Crippen molar-refractivity contribution in [2.24, 2.45) is 0 Å². The summed E-state index contributed by atoms with van der Waals surface area (Å²) in [6, 6.07) is 6.73. The molecule has 0 aromatic heterocycles. The Morgan fingerprint density at radius 1 is 1.53 bits per heavy atom. The zero-order chi connectivity index (χ0) is 12.4. The molecule has 1 saturated heterocycles. The number of hydrogen-bond acceptors (Lipinski definition) is 3. The lowest BCUT2D eigenvalue weighted by Crippen LogP contribution is -2.39. The molecule has 5 nitrogen and oxygen atoms in total. The average molecular weight is 235 g/mol. The second-order valence-corrected chi connectivity index (χ2v) is 4.08. The molecular formula is C12H13NO4. The van der Waals surface area contributed by atoms with Gasteiger partial charge >= 0.3 is 12.1 Å². The van der Waals surface area contributed by atoms with Gasteiger partial charge in [-0.3, -0.25) is 0 Å². The number of carboxylic acids is 1. The number of ether oxygens (including phenoxy) is 1. The van der Waals surface area contributed by atoms with Gasteiger partial charge in [0, 0.05) is 19.5 Å². The summed E-state index contributed by atoms with van der Waals surface area (Å²) in [5, 5.41) is 8.91. The topological polar surface area (TPSA) is 66.8 Å². The molecule has 5 heteroatoms. The van der Waals surface area contributed by atoms with Crippen molar-refractivity contribution >= 4 is 12.1 Å². The summed E-state index contributed by atoms with van der Waals surface area (Å²) in [5.74, 6) is -0.926. The van der Waals surface area contributed by atoms with Crippen LogP contribution in [-0.4, -0.2) is 42.3 Å². The van der Waals surface area contributed by atoms with E-state index in [1.807, 2.05) is 6.07 Å². The van der Waals surface area contributed by atoms with Gasteiger partial charge in [-0.2, -0.15) is 0 Å². The highest BCUT2D eigenvalue weighted by molar-refractivity contribution is 5.87. The van der Waals surface area contributed by atoms with E-state index in [1.165, 1.54) is 4.90 Å². The average Bonchev–Trinajstić information content (AvgIpc) is 2.33. The second kappa shape index (κ2) is 4.45. The Hall–Kier alpha value is -2.04. The lowest BCUT2D eigenvalue weighted by atomic mass is 9.97. The molecule has 0 saturated carbocycles. The monoisotopic (exact) mass is 235 g/mol. The van der Waals surface area contributed by atoms with Crippen LogP contribution in [0.1, 0.15) is 21.8 Å². The van der Waals surface area contributed by atoms with Gasteiger partial charge in [-0.05, 0) is 17.7 Å². The van der Waals surface area contributed by atoms with Crippen LogP contribution in [-0.2, 0) is 4.74 Å². The third-order valence-corrected chi connectivity index (χ3v) is 2.82. The molecule has 1 aromatic rings. The number of amides is 1. The van der Waals surface area contributed by atoms with E-state index in [0.717, 1.165) is 5.56 Å². The van der Waals surface area contributed by atoms with Gasteiger partial charge in [-0.25, -0.2) is 9.59 Å². The van der Waals surface area contributed by atoms with E-state index in [9.17, 15) is 9.59 Å². The summed E-state index contributed by atoms with van der Waals surface area (Å²) < 4.78 is 5.00. The Morgan fingerprint density at radius 3 is 2.94 bits per heavy atom. The molecule has 17 heavy (non-hydrogen) atoms. The molecule has 0 spiro atoms. The van der Waals surface area contributed by atoms with E-state index in [-0.39, 0.29) is 17.6 Å². The number of carbonyl (C=O) groups is 2. The molecule has 0 aliphatic carbocycles. The van der Waals surface area contributed by atoms with Crippen LogP contribution in [0, 0.1) is 0 Å². The fraction of sp³-hybridized carbons (Fsp3) is 0.333. The smallest absolute Gasteiger partial charge is 0.409 e. The predicted molar refractivity (Wildman–Crippen MR) is 60.1 cm³/mol. The third kappa shape index (κ3) is 2.38. The zero-order valence-electron chi connectivity index (χ0n) is 9.42. The third-order valence-electron chi connectivity index (χ3n) is 2.82. The molecule has 1 aliphatic heterocycles. The molecule has 1 fully saturated rings. The Balaban J connectivity index is 2.20. The molecule has 1 heterocycles. The fourth-order valence-electron chi connectivity index (χ4n) is 1.87. The largest absolute Gasteiger partial charge is 0.478 e. The summed E-state index contributed by atoms with van der Waals surface area (Å²) >= 11 is 0. The van der Waals surface area contributed by atoms with E-state index >= 15 is 0 Å². The Morgan fingerprint density at radius 2 is 2.29 bits per heavy atom. The fourth-order valence-corrected chi connectivity index (χ4v) is 1.87. The molecular weight excluding hydrogens is 222 g/mol. The van der Waals surface area contributed by atoms with Crippen molar-refractivity contribution in [2.75, 3.05) is 20.2 Å². The molecule has 0 bridgehead atoms. The number of cyclic esters (lactones) is 1. The predicted octanol–water partition coefficient (Wildman–Crippen LogP) is 1.55. The highest BCUT2D eigenvalue weighted by Gasteiger charge is 2.25. The maximum absolute atomic E-state index is 11.2. The highest BCUT2D eigenvalue weighted by atomic mass is 16.6. The normalized spacial score (nSPS) is 19.9. The van der Waals surface area contributed by atoms with Crippen LogP contribution >= 0.6 is 0 Å². The molecule has 1 aromatic carbocycles. The molecule has 1 atom stereocenters. The van der Waals surface area contributed by atoms with Crippen molar-refractivity contribution in [3.05, 3.63) is 35.4 Å². The summed E-state index contributed by atoms with van der Waals surface area (Å²) in [5.41, 5.74) is 1.13. The molecule has 1 unspecified atom stereocenters. The van der Waals surface area contributed by atoms with Crippen molar-refractivity contribution in [3.8, 4) is 0 Å². The number of likely N-dealkylation sites (N-methyl/N-ethyl adjacent to an activating group) is 1. The van der Waals surface area contributed by atoms with Crippen LogP contribution in [0.4, 0.5) is 4.79 Å². The van der Waals surface area contributed by atoms with Gasteiger partial charge in [0.15, 0.2) is 0 Å². The van der Waals surface area contributed by atoms with E-state index in [2.05, 4.69) is 0 Å². The van der Waals surface area contributed by atoms with Crippen LogP contribution in [0.2, 0.25) is 0 Å². The molecule has 2 rings (SSSR count). The van der Waals surface area contributed by atoms with Crippen LogP contribution < -0.4 is 0 Å². The van der Waals surface area contributed by atoms with Crippen molar-refractivity contribution < 1.29 is 19.4 Å². The molecule has 1 amide bonds. The maximum atomic E-state index is 11.2. The first-order valence-corrected chi connectivity index (χ1v) is 5.29. The van der Waals surface area contributed by atoms with Gasteiger partial charge in [0.25, 0.3) is 0 Å². The number of rotatable bonds is 2. The van der Waals surface area contributed by atoms with Crippen molar-refractivity contribution in [3.63, 3.8) is 0 Å². The van der Waals surface area contributed by atoms with Gasteiger partial charge in [0.1, 0.15) is 6.61 Å². The summed E-state index contributed by atoms with van der Waals surface area (Å²) in [7, 11) is 1.66. The van der Waals surface area contributed by atoms with Gasteiger partial charge in [-0.15, -0.1) is 0 Å². The minimum Gasteiger partial charge on any atom is -0.478 e. The van der Waals surface area contributed by atoms with Gasteiger partial charge in [-0.1, -0.05) is 12.1 Å². The lowest BCUT2D eigenvalue weighted by Gasteiger charge is -2.29. The minimum atomic E-state index is -0.951. The van der Waals surface area contributed by atoms with E-state index in [1.54, 1.807) is 25.2 Å². The van der Waals surface area contributed by atoms with Gasteiger partial charge in [0.05, 0.1) is 5.56 Å². The van der Waals surface area contributed by atoms with Crippen molar-refractivity contribution in [2.45, 2.75) is 5.92 Å². The van der Waals surface area contributed by atoms with Crippen molar-refractivity contribution in [1.29, 1.82) is 0 Å². The number of aromatic carboxylic acids is 1. The zero-order valence-corrected chi connectivity index (χ0v) is 9.42. The maximum Gasteiger partial charge on any atom is 0.409 e. The quantitative estimate of drug-likeness (QED) is 0.844. The standard InChI is InChI=1S/C12H13NO4/c1-13-6-10(7-17-12(13)16)8-3-2-4-9(5-8)11(14)15/h2-5,10H,6-7H2,1H3,(H,14,15). The van der Waals surface area contributed by atoms with E-state index in [0.29, 0.717) is 13.2 Å². The number of nitrogens with zero attached hydrogens (tertiary/aromatic N) is 1. The Kier molecular flexibility index (Phi) is 2.99. The SMILES string of the molecule is CN1CC(c2cccc(C(=O)O)c2)COC1=O. The number of hydrogen-bond donors (Lipinski definition) is 1. The van der Waals surface area contributed by atoms with Crippen LogP contribution in [0.15, 0.2) is 24.3 Å². The first-order chi connectivity index (χ1) is 8.08. The summed E-state index contributed by atoms with van der Waals surface area (Å²) in [6.07, 6.45) is -0.337. The minimum absolute atomic E-state index is 0.0250. The number of carboxylic acid groups (broad SMARTS) is 1. The Labute approximate surface area is 98.6 Å². The van der Waals surface area contributed by atoms with Gasteiger partial charge in [0.2, 0.25) is 0 Å². The van der Waals surface area contributed by atoms with Gasteiger partial charge < -0.3 is 14.7 Å². The second-order valence-electron chi connectivity index (χ2n) is 4.08. The summed E-state index contributed by atoms with van der Waals surface area (Å²) in [6.45, 7) is 0.841. The van der Waals surface area contributed by atoms with Crippen LogP contribution in [0.5, 0.6) is 0 Å². The van der Waals surface area contributed by atoms with E-state index < -0.39 is 5.97 Å². The molecule has 1 aliphatic rings. The first-order valence-electron chi connectivity index (χ1n) is 5.29. The van der Waals surface area contributed by atoms with Crippen LogP contribution in [0.3, 0.4) is 0 Å². The van der Waals surface area contributed by atoms with E-state index in [4.69, 9.17) is 9.84 Å². The number of carbonyl (C=O) groups excluding carboxylic acids is 1. The molecule has 0 radical (unpaired) electrons. The lowest BCUT2D eigenvalue weighted by molar-refractivity contribution is 0.0686. The highest BCUT2D eigenvalue weighted by Crippen LogP contribution is 2.22. The van der Waals surface area contributed by atoms with Crippen molar-refractivity contribution in [1.82, 2.24) is 4.90 Å². The summed E-state index contributed by atoms with van der Waals surface area (Å²) in [4.78, 5) is 23.5. The van der Waals surface area contributed by atoms with Crippen LogP contribution in [0.25, 0.3) is 0 Å². The molecule has 1 N–H and O–H groups in total.